The molecule has 0 aliphatic rings. The first-order valence-corrected chi connectivity index (χ1v) is 5.42. The third-order valence-electron chi connectivity index (χ3n) is 2.32. The summed E-state index contributed by atoms with van der Waals surface area (Å²) in [4.78, 5) is 21.9. The molecule has 0 aliphatic heterocycles. The van der Waals surface area contributed by atoms with Crippen molar-refractivity contribution in [2.24, 2.45) is 0 Å². The lowest BCUT2D eigenvalue weighted by atomic mass is 10.1. The van der Waals surface area contributed by atoms with Gasteiger partial charge in [-0.2, -0.15) is 13.2 Å². The molecule has 104 valence electrons. The van der Waals surface area contributed by atoms with Gasteiger partial charge in [0.2, 0.25) is 5.91 Å². The summed E-state index contributed by atoms with van der Waals surface area (Å²) in [5.41, 5.74) is 2.29. The summed E-state index contributed by atoms with van der Waals surface area (Å²) in [5, 5.41) is 3.92. The van der Waals surface area contributed by atoms with Gasteiger partial charge in [-0.15, -0.1) is 0 Å². The van der Waals surface area contributed by atoms with Gasteiger partial charge < -0.3 is 10.6 Å². The molecule has 0 saturated heterocycles. The largest absolute Gasteiger partial charge is 0.471 e. The van der Waals surface area contributed by atoms with Crippen LogP contribution in [-0.2, 0) is 9.59 Å². The number of nitrogens with one attached hydrogen (secondary N) is 2. The van der Waals surface area contributed by atoms with Crippen molar-refractivity contribution in [3.05, 3.63) is 29.3 Å². The Morgan fingerprint density at radius 3 is 2.37 bits per heavy atom. The van der Waals surface area contributed by atoms with Gasteiger partial charge >= 0.3 is 12.1 Å². The lowest BCUT2D eigenvalue weighted by molar-refractivity contribution is -0.173. The smallest absolute Gasteiger partial charge is 0.339 e. The number of amides is 2. The van der Waals surface area contributed by atoms with Crippen LogP contribution >= 0.6 is 0 Å². The van der Waals surface area contributed by atoms with Crippen LogP contribution in [0.1, 0.15) is 11.1 Å². The summed E-state index contributed by atoms with van der Waals surface area (Å²) in [6, 6.07) is 5.23. The van der Waals surface area contributed by atoms with Crippen LogP contribution in [0.5, 0.6) is 0 Å². The Balaban J connectivity index is 2.54. The Bertz CT molecular complexity index is 498. The first-order valence-electron chi connectivity index (χ1n) is 5.42. The molecule has 0 bridgehead atoms. The second kappa shape index (κ2) is 5.73. The van der Waals surface area contributed by atoms with E-state index in [2.05, 4.69) is 5.32 Å². The Labute approximate surface area is 108 Å². The predicted molar refractivity (Wildman–Crippen MR) is 63.6 cm³/mol. The Hall–Kier alpha value is -2.05. The lowest BCUT2D eigenvalue weighted by Gasteiger charge is -2.10. The molecule has 1 aromatic rings. The monoisotopic (exact) mass is 274 g/mol. The first kappa shape index (κ1) is 15.0. The SMILES string of the molecule is Cc1ccc(NC(=O)CNC(=O)C(F)(F)F)c(C)c1. The minimum Gasteiger partial charge on any atom is -0.339 e. The van der Waals surface area contributed by atoms with E-state index in [1.807, 2.05) is 13.0 Å². The summed E-state index contributed by atoms with van der Waals surface area (Å²) in [6.45, 7) is 2.91. The zero-order chi connectivity index (χ0) is 14.6. The molecule has 0 saturated carbocycles. The number of benzene rings is 1. The van der Waals surface area contributed by atoms with Crippen LogP contribution < -0.4 is 10.6 Å². The van der Waals surface area contributed by atoms with Gasteiger partial charge in [-0.1, -0.05) is 17.7 Å². The molecule has 0 aromatic heterocycles. The highest BCUT2D eigenvalue weighted by Gasteiger charge is 2.38. The number of hydrogen-bond donors (Lipinski definition) is 2. The van der Waals surface area contributed by atoms with Crippen molar-refractivity contribution in [1.29, 1.82) is 0 Å². The summed E-state index contributed by atoms with van der Waals surface area (Å²) in [5.74, 6) is -2.85. The topological polar surface area (TPSA) is 58.2 Å². The van der Waals surface area contributed by atoms with Gasteiger partial charge in [-0.25, -0.2) is 0 Å². The molecule has 0 heterocycles. The first-order chi connectivity index (χ1) is 8.70. The molecule has 1 rings (SSSR count). The molecular weight excluding hydrogens is 261 g/mol. The number of alkyl halides is 3. The van der Waals surface area contributed by atoms with Crippen LogP contribution in [0.2, 0.25) is 0 Å². The van der Waals surface area contributed by atoms with Crippen molar-refractivity contribution in [1.82, 2.24) is 5.32 Å². The van der Waals surface area contributed by atoms with E-state index >= 15 is 0 Å². The fourth-order valence-corrected chi connectivity index (χ4v) is 1.41. The highest BCUT2D eigenvalue weighted by molar-refractivity contribution is 5.95. The zero-order valence-corrected chi connectivity index (χ0v) is 10.4. The lowest BCUT2D eigenvalue weighted by Crippen LogP contribution is -2.41. The molecular formula is C12H13F3N2O2. The molecule has 4 nitrogen and oxygen atoms in total. The van der Waals surface area contributed by atoms with E-state index in [-0.39, 0.29) is 0 Å². The highest BCUT2D eigenvalue weighted by atomic mass is 19.4. The number of hydrogen-bond acceptors (Lipinski definition) is 2. The van der Waals surface area contributed by atoms with Gasteiger partial charge in [0.15, 0.2) is 0 Å². The average molecular weight is 274 g/mol. The Kier molecular flexibility index (Phi) is 4.52. The van der Waals surface area contributed by atoms with Gasteiger partial charge in [-0.05, 0) is 25.5 Å². The van der Waals surface area contributed by atoms with E-state index < -0.39 is 24.5 Å². The van der Waals surface area contributed by atoms with Crippen LogP contribution in [0.3, 0.4) is 0 Å². The number of carbonyl (C=O) groups is 2. The molecule has 0 fully saturated rings. The summed E-state index contributed by atoms with van der Waals surface area (Å²) >= 11 is 0. The van der Waals surface area contributed by atoms with Crippen LogP contribution in [0.25, 0.3) is 0 Å². The number of carbonyl (C=O) groups excluding carboxylic acids is 2. The van der Waals surface area contributed by atoms with Crippen LogP contribution in [0.15, 0.2) is 18.2 Å². The Morgan fingerprint density at radius 1 is 1.21 bits per heavy atom. The second-order valence-corrected chi connectivity index (χ2v) is 4.05. The molecule has 0 radical (unpaired) electrons. The van der Waals surface area contributed by atoms with Gasteiger partial charge in [0.25, 0.3) is 0 Å². The van der Waals surface area contributed by atoms with Crippen molar-refractivity contribution in [3.8, 4) is 0 Å². The third kappa shape index (κ3) is 4.61. The van der Waals surface area contributed by atoms with Gasteiger partial charge in [0.05, 0.1) is 6.54 Å². The molecule has 0 atom stereocenters. The third-order valence-corrected chi connectivity index (χ3v) is 2.32. The number of aryl methyl sites for hydroxylation is 2. The number of rotatable bonds is 3. The minimum absolute atomic E-state index is 0.497. The van der Waals surface area contributed by atoms with E-state index in [0.717, 1.165) is 11.1 Å². The van der Waals surface area contributed by atoms with Gasteiger partial charge in [0.1, 0.15) is 0 Å². The van der Waals surface area contributed by atoms with Crippen molar-refractivity contribution in [2.45, 2.75) is 20.0 Å². The van der Waals surface area contributed by atoms with Gasteiger partial charge in [-0.3, -0.25) is 9.59 Å². The van der Waals surface area contributed by atoms with Crippen molar-refractivity contribution < 1.29 is 22.8 Å². The molecule has 2 N–H and O–H groups in total. The molecule has 19 heavy (non-hydrogen) atoms. The maximum Gasteiger partial charge on any atom is 0.471 e. The molecule has 0 spiro atoms. The molecule has 0 aliphatic carbocycles. The normalized spacial score (nSPS) is 11.0. The molecule has 7 heteroatoms. The fourth-order valence-electron chi connectivity index (χ4n) is 1.41. The quantitative estimate of drug-likeness (QED) is 0.884. The second-order valence-electron chi connectivity index (χ2n) is 4.05. The number of anilines is 1. The van der Waals surface area contributed by atoms with Crippen molar-refractivity contribution in [3.63, 3.8) is 0 Å². The van der Waals surface area contributed by atoms with E-state index in [9.17, 15) is 22.8 Å². The van der Waals surface area contributed by atoms with E-state index in [1.165, 1.54) is 5.32 Å². The van der Waals surface area contributed by atoms with Gasteiger partial charge in [0, 0.05) is 5.69 Å². The molecule has 2 amide bonds. The summed E-state index contributed by atoms with van der Waals surface area (Å²) in [7, 11) is 0. The maximum atomic E-state index is 11.9. The zero-order valence-electron chi connectivity index (χ0n) is 10.4. The Morgan fingerprint density at radius 2 is 1.84 bits per heavy atom. The van der Waals surface area contributed by atoms with E-state index in [4.69, 9.17) is 0 Å². The van der Waals surface area contributed by atoms with Crippen LogP contribution in [0, 0.1) is 13.8 Å². The fraction of sp³-hybridized carbons (Fsp3) is 0.333. The summed E-state index contributed by atoms with van der Waals surface area (Å²) in [6.07, 6.45) is -4.99. The maximum absolute atomic E-state index is 11.9. The van der Waals surface area contributed by atoms with E-state index in [1.54, 1.807) is 19.1 Å². The minimum atomic E-state index is -4.99. The summed E-state index contributed by atoms with van der Waals surface area (Å²) < 4.78 is 35.7. The van der Waals surface area contributed by atoms with Crippen LogP contribution in [0.4, 0.5) is 18.9 Å². The molecule has 1 aromatic carbocycles. The van der Waals surface area contributed by atoms with Crippen LogP contribution in [-0.4, -0.2) is 24.5 Å². The highest BCUT2D eigenvalue weighted by Crippen LogP contribution is 2.16. The standard InChI is InChI=1S/C12H13F3N2O2/c1-7-3-4-9(8(2)5-7)17-10(18)6-16-11(19)12(13,14)15/h3-5H,6H2,1-2H3,(H,16,19)(H,17,18). The van der Waals surface area contributed by atoms with Crippen molar-refractivity contribution in [2.75, 3.05) is 11.9 Å². The predicted octanol–water partition coefficient (Wildman–Crippen LogP) is 1.92. The van der Waals surface area contributed by atoms with Crippen molar-refractivity contribution >= 4 is 17.5 Å². The molecule has 0 unspecified atom stereocenters. The van der Waals surface area contributed by atoms with E-state index in [0.29, 0.717) is 5.69 Å². The average Bonchev–Trinajstić information content (AvgIpc) is 2.28. The number of halogens is 3.